The van der Waals surface area contributed by atoms with Crippen LogP contribution in [0.5, 0.6) is 0 Å². The Morgan fingerprint density at radius 3 is 2.36 bits per heavy atom. The van der Waals surface area contributed by atoms with Crippen LogP contribution in [-0.2, 0) is 9.59 Å². The van der Waals surface area contributed by atoms with Gasteiger partial charge < -0.3 is 10.6 Å². The van der Waals surface area contributed by atoms with Crippen molar-refractivity contribution in [3.63, 3.8) is 0 Å². The molecule has 0 saturated carbocycles. The molecule has 4 nitrogen and oxygen atoms in total. The van der Waals surface area contributed by atoms with Crippen molar-refractivity contribution in [3.05, 3.63) is 57.5 Å². The summed E-state index contributed by atoms with van der Waals surface area (Å²) in [4.78, 5) is 23.7. The highest BCUT2D eigenvalue weighted by Crippen LogP contribution is 2.23. The highest BCUT2D eigenvalue weighted by molar-refractivity contribution is 9.10. The number of halogens is 2. The van der Waals surface area contributed by atoms with Gasteiger partial charge in [-0.1, -0.05) is 33.6 Å². The van der Waals surface area contributed by atoms with Crippen LogP contribution in [-0.4, -0.2) is 11.8 Å². The van der Waals surface area contributed by atoms with Gasteiger partial charge in [0.2, 0.25) is 11.8 Å². The number of carbonyl (C=O) groups is 2. The average Bonchev–Trinajstić information content (AvgIpc) is 2.46. The van der Waals surface area contributed by atoms with Crippen molar-refractivity contribution in [3.8, 4) is 0 Å². The largest absolute Gasteiger partial charge is 0.326 e. The topological polar surface area (TPSA) is 58.2 Å². The SMILES string of the molecule is Cc1c(Cl)cccc1NC(=O)CC(=O)Nc1ccc(Br)cc1. The van der Waals surface area contributed by atoms with E-state index in [1.54, 1.807) is 37.3 Å². The maximum Gasteiger partial charge on any atom is 0.233 e. The predicted molar refractivity (Wildman–Crippen MR) is 92.2 cm³/mol. The highest BCUT2D eigenvalue weighted by atomic mass is 79.9. The van der Waals surface area contributed by atoms with Crippen molar-refractivity contribution in [1.82, 2.24) is 0 Å². The second kappa shape index (κ2) is 7.42. The third-order valence-corrected chi connectivity index (χ3v) is 3.93. The Morgan fingerprint density at radius 2 is 1.68 bits per heavy atom. The van der Waals surface area contributed by atoms with E-state index in [0.717, 1.165) is 10.0 Å². The third kappa shape index (κ3) is 4.58. The Balaban J connectivity index is 1.92. The Labute approximate surface area is 142 Å². The van der Waals surface area contributed by atoms with Crippen molar-refractivity contribution in [2.24, 2.45) is 0 Å². The molecule has 0 unspecified atom stereocenters. The van der Waals surface area contributed by atoms with Gasteiger partial charge in [-0.3, -0.25) is 9.59 Å². The van der Waals surface area contributed by atoms with Gasteiger partial charge >= 0.3 is 0 Å². The molecular formula is C16H14BrClN2O2. The molecule has 0 aliphatic heterocycles. The van der Waals surface area contributed by atoms with E-state index in [0.29, 0.717) is 16.4 Å². The van der Waals surface area contributed by atoms with Crippen LogP contribution in [0, 0.1) is 6.92 Å². The van der Waals surface area contributed by atoms with Gasteiger partial charge in [-0.2, -0.15) is 0 Å². The Morgan fingerprint density at radius 1 is 1.05 bits per heavy atom. The second-order valence-corrected chi connectivity index (χ2v) is 6.02. The first-order chi connectivity index (χ1) is 10.5. The van der Waals surface area contributed by atoms with Crippen LogP contribution in [0.4, 0.5) is 11.4 Å². The molecule has 2 amide bonds. The first-order valence-electron chi connectivity index (χ1n) is 6.56. The molecule has 0 aliphatic carbocycles. The summed E-state index contributed by atoms with van der Waals surface area (Å²) in [5, 5.41) is 5.92. The van der Waals surface area contributed by atoms with Crippen LogP contribution in [0.15, 0.2) is 46.9 Å². The molecule has 0 saturated heterocycles. The molecule has 2 N–H and O–H groups in total. The minimum atomic E-state index is -0.389. The van der Waals surface area contributed by atoms with Gasteiger partial charge in [-0.05, 0) is 48.9 Å². The molecule has 0 aliphatic rings. The fourth-order valence-electron chi connectivity index (χ4n) is 1.82. The first-order valence-corrected chi connectivity index (χ1v) is 7.73. The standard InChI is InChI=1S/C16H14BrClN2O2/c1-10-13(18)3-2-4-14(10)20-16(22)9-15(21)19-12-7-5-11(17)6-8-12/h2-8H,9H2,1H3,(H,19,21)(H,20,22). The monoisotopic (exact) mass is 380 g/mol. The molecule has 0 atom stereocenters. The fraction of sp³-hybridized carbons (Fsp3) is 0.125. The lowest BCUT2D eigenvalue weighted by Crippen LogP contribution is -2.21. The lowest BCUT2D eigenvalue weighted by Gasteiger charge is -2.10. The summed E-state index contributed by atoms with van der Waals surface area (Å²) in [5.41, 5.74) is 2.01. The quantitative estimate of drug-likeness (QED) is 0.772. The van der Waals surface area contributed by atoms with Crippen molar-refractivity contribution >= 4 is 50.7 Å². The molecule has 22 heavy (non-hydrogen) atoms. The zero-order chi connectivity index (χ0) is 16.1. The molecule has 0 aromatic heterocycles. The number of amides is 2. The summed E-state index contributed by atoms with van der Waals surface area (Å²) >= 11 is 9.30. The molecule has 0 bridgehead atoms. The Bertz CT molecular complexity index is 702. The molecule has 2 aromatic carbocycles. The lowest BCUT2D eigenvalue weighted by molar-refractivity contribution is -0.123. The lowest BCUT2D eigenvalue weighted by atomic mass is 10.2. The van der Waals surface area contributed by atoms with E-state index in [9.17, 15) is 9.59 Å². The van der Waals surface area contributed by atoms with Crippen LogP contribution in [0.25, 0.3) is 0 Å². The van der Waals surface area contributed by atoms with Crippen molar-refractivity contribution in [2.45, 2.75) is 13.3 Å². The smallest absolute Gasteiger partial charge is 0.233 e. The number of rotatable bonds is 4. The van der Waals surface area contributed by atoms with E-state index in [2.05, 4.69) is 26.6 Å². The Kier molecular flexibility index (Phi) is 5.57. The van der Waals surface area contributed by atoms with E-state index in [1.807, 2.05) is 12.1 Å². The molecule has 6 heteroatoms. The molecular weight excluding hydrogens is 368 g/mol. The van der Waals surface area contributed by atoms with Gasteiger partial charge in [0.25, 0.3) is 0 Å². The summed E-state index contributed by atoms with van der Waals surface area (Å²) in [7, 11) is 0. The number of hydrogen-bond acceptors (Lipinski definition) is 2. The molecule has 0 radical (unpaired) electrons. The van der Waals surface area contributed by atoms with Gasteiger partial charge in [-0.15, -0.1) is 0 Å². The number of hydrogen-bond donors (Lipinski definition) is 2. The average molecular weight is 382 g/mol. The molecule has 0 heterocycles. The minimum absolute atomic E-state index is 0.262. The predicted octanol–water partition coefficient (Wildman–Crippen LogP) is 4.38. The van der Waals surface area contributed by atoms with E-state index in [1.165, 1.54) is 0 Å². The number of nitrogens with one attached hydrogen (secondary N) is 2. The van der Waals surface area contributed by atoms with E-state index in [-0.39, 0.29) is 18.2 Å². The van der Waals surface area contributed by atoms with Crippen molar-refractivity contribution in [2.75, 3.05) is 10.6 Å². The zero-order valence-corrected chi connectivity index (χ0v) is 14.2. The van der Waals surface area contributed by atoms with Crippen LogP contribution < -0.4 is 10.6 Å². The minimum Gasteiger partial charge on any atom is -0.326 e. The van der Waals surface area contributed by atoms with Gasteiger partial charge in [0, 0.05) is 20.9 Å². The highest BCUT2D eigenvalue weighted by Gasteiger charge is 2.11. The maximum absolute atomic E-state index is 11.9. The second-order valence-electron chi connectivity index (χ2n) is 4.69. The molecule has 2 rings (SSSR count). The fourth-order valence-corrected chi connectivity index (χ4v) is 2.26. The normalized spacial score (nSPS) is 10.1. The van der Waals surface area contributed by atoms with Crippen LogP contribution in [0.2, 0.25) is 5.02 Å². The van der Waals surface area contributed by atoms with E-state index in [4.69, 9.17) is 11.6 Å². The summed E-state index contributed by atoms with van der Waals surface area (Å²) in [5.74, 6) is -0.764. The van der Waals surface area contributed by atoms with Crippen LogP contribution in [0.3, 0.4) is 0 Å². The summed E-state index contributed by atoms with van der Waals surface area (Å²) in [6.45, 7) is 1.81. The van der Waals surface area contributed by atoms with Crippen molar-refractivity contribution < 1.29 is 9.59 Å². The van der Waals surface area contributed by atoms with E-state index >= 15 is 0 Å². The molecule has 2 aromatic rings. The van der Waals surface area contributed by atoms with E-state index < -0.39 is 0 Å². The van der Waals surface area contributed by atoms with Gasteiger partial charge in [0.15, 0.2) is 0 Å². The van der Waals surface area contributed by atoms with Gasteiger partial charge in [0.1, 0.15) is 6.42 Å². The van der Waals surface area contributed by atoms with Crippen molar-refractivity contribution in [1.29, 1.82) is 0 Å². The summed E-state index contributed by atoms with van der Waals surface area (Å²) in [6.07, 6.45) is -0.262. The molecule has 0 fully saturated rings. The summed E-state index contributed by atoms with van der Waals surface area (Å²) < 4.78 is 0.916. The molecule has 114 valence electrons. The van der Waals surface area contributed by atoms with Gasteiger partial charge in [0.05, 0.1) is 0 Å². The van der Waals surface area contributed by atoms with Crippen LogP contribution in [0.1, 0.15) is 12.0 Å². The summed E-state index contributed by atoms with van der Waals surface area (Å²) in [6, 6.07) is 12.4. The number of carbonyl (C=O) groups excluding carboxylic acids is 2. The van der Waals surface area contributed by atoms with Gasteiger partial charge in [-0.25, -0.2) is 0 Å². The zero-order valence-electron chi connectivity index (χ0n) is 11.8. The number of anilines is 2. The first kappa shape index (κ1) is 16.5. The number of benzene rings is 2. The Hall–Kier alpha value is -1.85. The molecule has 0 spiro atoms. The van der Waals surface area contributed by atoms with Crippen LogP contribution >= 0.6 is 27.5 Å². The maximum atomic E-state index is 11.9. The third-order valence-electron chi connectivity index (χ3n) is 2.99.